The third-order valence-electron chi connectivity index (χ3n) is 3.50. The van der Waals surface area contributed by atoms with Gasteiger partial charge in [-0.3, -0.25) is 4.90 Å². The molecule has 0 radical (unpaired) electrons. The number of hydrogen-bond donors (Lipinski definition) is 1. The maximum absolute atomic E-state index is 4.14. The quantitative estimate of drug-likeness (QED) is 0.799. The number of rotatable bonds is 6. The van der Waals surface area contributed by atoms with Crippen LogP contribution in [0.5, 0.6) is 0 Å². The van der Waals surface area contributed by atoms with Gasteiger partial charge in [0.1, 0.15) is 0 Å². The van der Waals surface area contributed by atoms with Crippen molar-refractivity contribution < 1.29 is 0 Å². The van der Waals surface area contributed by atoms with Crippen molar-refractivity contribution in [1.29, 1.82) is 0 Å². The molecule has 0 saturated carbocycles. The minimum absolute atomic E-state index is 0.763. The number of nitrogens with zero attached hydrogens (tertiary/aromatic N) is 5. The van der Waals surface area contributed by atoms with Crippen molar-refractivity contribution in [2.75, 3.05) is 26.7 Å². The van der Waals surface area contributed by atoms with E-state index in [-0.39, 0.29) is 0 Å². The van der Waals surface area contributed by atoms with Crippen LogP contribution in [0.4, 0.5) is 0 Å². The first-order valence-corrected chi connectivity index (χ1v) is 6.95. The van der Waals surface area contributed by atoms with Gasteiger partial charge in [0.2, 0.25) is 0 Å². The summed E-state index contributed by atoms with van der Waals surface area (Å²) in [5.41, 5.74) is 0. The lowest BCUT2D eigenvalue weighted by atomic mass is 9.98. The number of aromatic nitrogens is 4. The third kappa shape index (κ3) is 3.49. The van der Waals surface area contributed by atoms with E-state index < -0.39 is 0 Å². The van der Waals surface area contributed by atoms with Crippen LogP contribution in [0, 0.1) is 5.92 Å². The van der Waals surface area contributed by atoms with E-state index in [0.29, 0.717) is 0 Å². The third-order valence-corrected chi connectivity index (χ3v) is 3.50. The van der Waals surface area contributed by atoms with Crippen molar-refractivity contribution in [3.63, 3.8) is 0 Å². The summed E-state index contributed by atoms with van der Waals surface area (Å²) in [6.07, 6.45) is 3.68. The fraction of sp³-hybridized carbons (Fsp3) is 0.917. The number of tetrazole rings is 1. The molecular weight excluding hydrogens is 228 g/mol. The maximum atomic E-state index is 4.14. The van der Waals surface area contributed by atoms with Crippen LogP contribution < -0.4 is 5.32 Å². The van der Waals surface area contributed by atoms with E-state index in [4.69, 9.17) is 0 Å². The Morgan fingerprint density at radius 3 is 3.11 bits per heavy atom. The van der Waals surface area contributed by atoms with Crippen molar-refractivity contribution in [3.05, 3.63) is 5.82 Å². The van der Waals surface area contributed by atoms with Crippen LogP contribution in [-0.2, 0) is 13.1 Å². The summed E-state index contributed by atoms with van der Waals surface area (Å²) < 4.78 is 1.93. The molecule has 1 aliphatic heterocycles. The van der Waals surface area contributed by atoms with E-state index in [1.54, 1.807) is 0 Å². The molecule has 2 heterocycles. The predicted molar refractivity (Wildman–Crippen MR) is 70.0 cm³/mol. The van der Waals surface area contributed by atoms with Gasteiger partial charge in [0.25, 0.3) is 0 Å². The Balaban J connectivity index is 1.89. The molecule has 1 fully saturated rings. The maximum Gasteiger partial charge on any atom is 0.165 e. The lowest BCUT2D eigenvalue weighted by molar-refractivity contribution is 0.161. The van der Waals surface area contributed by atoms with Crippen LogP contribution in [0.1, 0.15) is 32.0 Å². The van der Waals surface area contributed by atoms with Gasteiger partial charge in [-0.05, 0) is 55.7 Å². The summed E-state index contributed by atoms with van der Waals surface area (Å²) in [6.45, 7) is 7.37. The van der Waals surface area contributed by atoms with Gasteiger partial charge in [-0.15, -0.1) is 5.10 Å². The van der Waals surface area contributed by atoms with Crippen LogP contribution in [0.15, 0.2) is 0 Å². The molecule has 1 atom stereocenters. The Bertz CT molecular complexity index is 348. The number of nitrogens with one attached hydrogen (secondary N) is 1. The van der Waals surface area contributed by atoms with Crippen molar-refractivity contribution in [2.45, 2.75) is 39.3 Å². The molecule has 0 aliphatic carbocycles. The van der Waals surface area contributed by atoms with Crippen molar-refractivity contribution in [1.82, 2.24) is 30.4 Å². The highest BCUT2D eigenvalue weighted by Crippen LogP contribution is 2.17. The van der Waals surface area contributed by atoms with Gasteiger partial charge in [0.15, 0.2) is 5.82 Å². The average Bonchev–Trinajstić information content (AvgIpc) is 2.78. The lowest BCUT2D eigenvalue weighted by Crippen LogP contribution is -2.39. The van der Waals surface area contributed by atoms with Gasteiger partial charge >= 0.3 is 0 Å². The fourth-order valence-corrected chi connectivity index (χ4v) is 2.67. The smallest absolute Gasteiger partial charge is 0.165 e. The van der Waals surface area contributed by atoms with E-state index in [9.17, 15) is 0 Å². The molecule has 1 N–H and O–H groups in total. The van der Waals surface area contributed by atoms with E-state index in [0.717, 1.165) is 44.3 Å². The highest BCUT2D eigenvalue weighted by molar-refractivity contribution is 4.84. The Morgan fingerprint density at radius 2 is 2.33 bits per heavy atom. The molecule has 0 amide bonds. The van der Waals surface area contributed by atoms with Crippen molar-refractivity contribution in [2.24, 2.45) is 5.92 Å². The monoisotopic (exact) mass is 252 g/mol. The first-order valence-electron chi connectivity index (χ1n) is 6.95. The summed E-state index contributed by atoms with van der Waals surface area (Å²) in [5.74, 6) is 1.77. The zero-order valence-electron chi connectivity index (χ0n) is 11.5. The largest absolute Gasteiger partial charge is 0.319 e. The summed E-state index contributed by atoms with van der Waals surface area (Å²) in [5, 5.41) is 15.2. The fourth-order valence-electron chi connectivity index (χ4n) is 2.67. The first-order chi connectivity index (χ1) is 8.83. The Kier molecular flexibility index (Phi) is 5.07. The minimum Gasteiger partial charge on any atom is -0.319 e. The molecule has 1 saturated heterocycles. The molecule has 6 nitrogen and oxygen atoms in total. The second-order valence-corrected chi connectivity index (χ2v) is 5.12. The molecule has 2 rings (SSSR count). The Morgan fingerprint density at radius 1 is 1.44 bits per heavy atom. The first kappa shape index (κ1) is 13.4. The van der Waals surface area contributed by atoms with E-state index in [1.165, 1.54) is 19.4 Å². The lowest BCUT2D eigenvalue weighted by Gasteiger charge is -2.32. The summed E-state index contributed by atoms with van der Waals surface area (Å²) >= 11 is 0. The number of piperidine rings is 1. The Labute approximate surface area is 109 Å². The van der Waals surface area contributed by atoms with E-state index in [2.05, 4.69) is 32.7 Å². The molecule has 0 spiro atoms. The van der Waals surface area contributed by atoms with E-state index >= 15 is 0 Å². The topological polar surface area (TPSA) is 58.9 Å². The molecule has 0 aromatic carbocycles. The van der Waals surface area contributed by atoms with Crippen molar-refractivity contribution >= 4 is 0 Å². The number of aryl methyl sites for hydroxylation is 1. The molecule has 6 heteroatoms. The standard InChI is InChI=1S/C12H24N6/c1-3-6-18-12(14-15-16-18)10-17-7-4-5-11(9-17)8-13-2/h11,13H,3-10H2,1-2H3. The number of likely N-dealkylation sites (tertiary alicyclic amines) is 1. The SMILES string of the molecule is CCCn1nnnc1CN1CCCC(CNC)C1. The molecule has 1 aliphatic rings. The van der Waals surface area contributed by atoms with Crippen LogP contribution in [0.25, 0.3) is 0 Å². The normalized spacial score (nSPS) is 21.3. The second kappa shape index (κ2) is 6.80. The molecule has 1 aromatic heterocycles. The van der Waals surface area contributed by atoms with Gasteiger partial charge in [-0.25, -0.2) is 4.68 Å². The second-order valence-electron chi connectivity index (χ2n) is 5.12. The molecule has 1 unspecified atom stereocenters. The van der Waals surface area contributed by atoms with Gasteiger partial charge < -0.3 is 5.32 Å². The van der Waals surface area contributed by atoms with Gasteiger partial charge in [0, 0.05) is 13.1 Å². The van der Waals surface area contributed by atoms with Crippen molar-refractivity contribution in [3.8, 4) is 0 Å². The van der Waals surface area contributed by atoms with Crippen LogP contribution in [0.3, 0.4) is 0 Å². The Hall–Kier alpha value is -1.01. The minimum atomic E-state index is 0.763. The zero-order valence-corrected chi connectivity index (χ0v) is 11.5. The van der Waals surface area contributed by atoms with Gasteiger partial charge in [0.05, 0.1) is 6.54 Å². The highest BCUT2D eigenvalue weighted by atomic mass is 15.5. The molecule has 102 valence electrons. The van der Waals surface area contributed by atoms with Crippen LogP contribution in [-0.4, -0.2) is 51.8 Å². The molecular formula is C12H24N6. The summed E-state index contributed by atoms with van der Waals surface area (Å²) in [4.78, 5) is 2.48. The molecule has 0 bridgehead atoms. The number of hydrogen-bond acceptors (Lipinski definition) is 5. The molecule has 1 aromatic rings. The highest BCUT2D eigenvalue weighted by Gasteiger charge is 2.21. The zero-order chi connectivity index (χ0) is 12.8. The predicted octanol–water partition coefficient (Wildman–Crippen LogP) is 0.515. The van der Waals surface area contributed by atoms with Crippen LogP contribution >= 0.6 is 0 Å². The summed E-state index contributed by atoms with van der Waals surface area (Å²) in [7, 11) is 2.03. The molecule has 18 heavy (non-hydrogen) atoms. The van der Waals surface area contributed by atoms with Gasteiger partial charge in [-0.1, -0.05) is 6.92 Å². The van der Waals surface area contributed by atoms with Gasteiger partial charge in [-0.2, -0.15) is 0 Å². The van der Waals surface area contributed by atoms with E-state index in [1.807, 2.05) is 11.7 Å². The van der Waals surface area contributed by atoms with Crippen LogP contribution in [0.2, 0.25) is 0 Å². The average molecular weight is 252 g/mol. The summed E-state index contributed by atoms with van der Waals surface area (Å²) in [6, 6.07) is 0.